The topological polar surface area (TPSA) is 65.4 Å². The van der Waals surface area contributed by atoms with Crippen LogP contribution in [-0.4, -0.2) is 35.0 Å². The van der Waals surface area contributed by atoms with E-state index in [9.17, 15) is 4.79 Å². The summed E-state index contributed by atoms with van der Waals surface area (Å²) in [5.74, 6) is 1.12. The fourth-order valence-electron chi connectivity index (χ4n) is 3.21. The lowest BCUT2D eigenvalue weighted by molar-refractivity contribution is 0.0679. The van der Waals surface area contributed by atoms with E-state index in [0.29, 0.717) is 29.6 Å². The first kappa shape index (κ1) is 19.5. The quantitative estimate of drug-likeness (QED) is 0.626. The molecule has 1 aliphatic heterocycles. The molecular formula is C22H22ClN3O3. The first-order valence-corrected chi connectivity index (χ1v) is 9.98. The maximum Gasteiger partial charge on any atom is 0.256 e. The summed E-state index contributed by atoms with van der Waals surface area (Å²) in [4.78, 5) is 12.6. The number of halogens is 1. The Bertz CT molecular complexity index is 965. The van der Waals surface area contributed by atoms with Crippen molar-refractivity contribution in [3.05, 3.63) is 76.9 Å². The van der Waals surface area contributed by atoms with Crippen molar-refractivity contribution in [2.45, 2.75) is 25.5 Å². The summed E-state index contributed by atoms with van der Waals surface area (Å²) in [6, 6.07) is 16.4. The second-order valence-electron chi connectivity index (χ2n) is 6.89. The van der Waals surface area contributed by atoms with Gasteiger partial charge in [0.15, 0.2) is 0 Å². The molecule has 2 heterocycles. The summed E-state index contributed by atoms with van der Waals surface area (Å²) in [5, 5.41) is 7.85. The van der Waals surface area contributed by atoms with Crippen LogP contribution in [0.2, 0.25) is 5.02 Å². The van der Waals surface area contributed by atoms with Gasteiger partial charge in [0.25, 0.3) is 5.91 Å². The summed E-state index contributed by atoms with van der Waals surface area (Å²) in [6.45, 7) is 1.81. The summed E-state index contributed by atoms with van der Waals surface area (Å²) >= 11 is 6.23. The molecule has 6 nitrogen and oxygen atoms in total. The van der Waals surface area contributed by atoms with Gasteiger partial charge < -0.3 is 14.8 Å². The van der Waals surface area contributed by atoms with Crippen molar-refractivity contribution < 1.29 is 14.3 Å². The van der Waals surface area contributed by atoms with E-state index in [1.165, 1.54) is 0 Å². The number of aromatic nitrogens is 2. The zero-order chi connectivity index (χ0) is 20.1. The van der Waals surface area contributed by atoms with Crippen LogP contribution in [0.15, 0.2) is 60.8 Å². The minimum absolute atomic E-state index is 0.163. The molecule has 1 fully saturated rings. The Hall–Kier alpha value is -2.83. The van der Waals surface area contributed by atoms with Crippen LogP contribution in [0.3, 0.4) is 0 Å². The maximum atomic E-state index is 12.6. The summed E-state index contributed by atoms with van der Waals surface area (Å²) in [5.41, 5.74) is 1.47. The van der Waals surface area contributed by atoms with Gasteiger partial charge in [0.05, 0.1) is 18.8 Å². The van der Waals surface area contributed by atoms with Crippen LogP contribution < -0.4 is 10.1 Å². The Morgan fingerprint density at radius 3 is 2.79 bits per heavy atom. The van der Waals surface area contributed by atoms with E-state index in [1.54, 1.807) is 41.2 Å². The van der Waals surface area contributed by atoms with Crippen LogP contribution in [0, 0.1) is 0 Å². The molecule has 4 rings (SSSR count). The number of rotatable bonds is 7. The van der Waals surface area contributed by atoms with Gasteiger partial charge in [-0.25, -0.2) is 4.68 Å². The third kappa shape index (κ3) is 4.96. The fourth-order valence-corrected chi connectivity index (χ4v) is 3.40. The SMILES string of the molecule is O=C(Nc1ccnn1Cc1ccccc1Cl)c1ccc(OC[C@@H]2CCCO2)cc1. The molecule has 150 valence electrons. The van der Waals surface area contributed by atoms with E-state index in [0.717, 1.165) is 30.8 Å². The van der Waals surface area contributed by atoms with Crippen molar-refractivity contribution in [1.82, 2.24) is 9.78 Å². The van der Waals surface area contributed by atoms with Gasteiger partial charge in [-0.15, -0.1) is 0 Å². The molecule has 1 amide bonds. The average Bonchev–Trinajstić information content (AvgIpc) is 3.41. The van der Waals surface area contributed by atoms with Crippen molar-refractivity contribution in [2.24, 2.45) is 0 Å². The first-order valence-electron chi connectivity index (χ1n) is 9.60. The number of carbonyl (C=O) groups is 1. The Morgan fingerprint density at radius 1 is 1.21 bits per heavy atom. The van der Waals surface area contributed by atoms with Gasteiger partial charge in [0.2, 0.25) is 0 Å². The molecule has 0 aliphatic carbocycles. The third-order valence-electron chi connectivity index (χ3n) is 4.81. The van der Waals surface area contributed by atoms with E-state index in [4.69, 9.17) is 21.1 Å². The van der Waals surface area contributed by atoms with Gasteiger partial charge in [0, 0.05) is 23.3 Å². The van der Waals surface area contributed by atoms with Gasteiger partial charge >= 0.3 is 0 Å². The normalized spacial score (nSPS) is 16.0. The van der Waals surface area contributed by atoms with Gasteiger partial charge in [0.1, 0.15) is 18.2 Å². The number of anilines is 1. The predicted molar refractivity (Wildman–Crippen MR) is 112 cm³/mol. The van der Waals surface area contributed by atoms with E-state index >= 15 is 0 Å². The number of nitrogens with zero attached hydrogens (tertiary/aromatic N) is 2. The Morgan fingerprint density at radius 2 is 2.03 bits per heavy atom. The van der Waals surface area contributed by atoms with Crippen LogP contribution in [0.25, 0.3) is 0 Å². The lowest BCUT2D eigenvalue weighted by Crippen LogP contribution is -2.17. The minimum atomic E-state index is -0.211. The Labute approximate surface area is 174 Å². The van der Waals surface area contributed by atoms with Crippen molar-refractivity contribution in [1.29, 1.82) is 0 Å². The fraction of sp³-hybridized carbons (Fsp3) is 0.273. The molecule has 29 heavy (non-hydrogen) atoms. The van der Waals surface area contributed by atoms with Gasteiger partial charge in [-0.1, -0.05) is 29.8 Å². The molecule has 7 heteroatoms. The number of ether oxygens (including phenoxy) is 2. The van der Waals surface area contributed by atoms with Crippen molar-refractivity contribution in [2.75, 3.05) is 18.5 Å². The van der Waals surface area contributed by atoms with Crippen LogP contribution >= 0.6 is 11.6 Å². The molecule has 3 aromatic rings. The van der Waals surface area contributed by atoms with Crippen LogP contribution in [0.5, 0.6) is 5.75 Å². The molecule has 1 N–H and O–H groups in total. The second kappa shape index (κ2) is 9.11. The molecule has 0 radical (unpaired) electrons. The van der Waals surface area contributed by atoms with Gasteiger partial charge in [-0.2, -0.15) is 5.10 Å². The average molecular weight is 412 g/mol. The highest BCUT2D eigenvalue weighted by Gasteiger charge is 2.16. The number of benzene rings is 2. The minimum Gasteiger partial charge on any atom is -0.491 e. The standard InChI is InChI=1S/C22H22ClN3O3/c23-20-6-2-1-4-17(20)14-26-21(11-12-24-26)25-22(27)16-7-9-18(10-8-16)29-15-19-5-3-13-28-19/h1-2,4,6-12,19H,3,5,13-15H2,(H,25,27)/t19-/m0/s1. The molecule has 1 aliphatic rings. The highest BCUT2D eigenvalue weighted by molar-refractivity contribution is 6.31. The monoisotopic (exact) mass is 411 g/mol. The molecule has 1 saturated heterocycles. The van der Waals surface area contributed by atoms with E-state index in [2.05, 4.69) is 10.4 Å². The molecule has 0 unspecified atom stereocenters. The summed E-state index contributed by atoms with van der Waals surface area (Å²) in [6.07, 6.45) is 3.92. The lowest BCUT2D eigenvalue weighted by atomic mass is 10.2. The number of hydrogen-bond acceptors (Lipinski definition) is 4. The number of nitrogens with one attached hydrogen (secondary N) is 1. The Balaban J connectivity index is 1.37. The van der Waals surface area contributed by atoms with Crippen molar-refractivity contribution >= 4 is 23.3 Å². The molecule has 1 aromatic heterocycles. The predicted octanol–water partition coefficient (Wildman–Crippen LogP) is 4.39. The molecule has 0 spiro atoms. The zero-order valence-electron chi connectivity index (χ0n) is 15.9. The third-order valence-corrected chi connectivity index (χ3v) is 5.18. The summed E-state index contributed by atoms with van der Waals surface area (Å²) in [7, 11) is 0. The smallest absolute Gasteiger partial charge is 0.256 e. The van der Waals surface area contributed by atoms with Crippen molar-refractivity contribution in [3.8, 4) is 5.75 Å². The highest BCUT2D eigenvalue weighted by atomic mass is 35.5. The molecule has 1 atom stereocenters. The first-order chi connectivity index (χ1) is 14.2. The number of amides is 1. The molecule has 0 bridgehead atoms. The van der Waals surface area contributed by atoms with Crippen LogP contribution in [-0.2, 0) is 11.3 Å². The highest BCUT2D eigenvalue weighted by Crippen LogP contribution is 2.20. The van der Waals surface area contributed by atoms with E-state index < -0.39 is 0 Å². The lowest BCUT2D eigenvalue weighted by Gasteiger charge is -2.12. The summed E-state index contributed by atoms with van der Waals surface area (Å²) < 4.78 is 13.0. The Kier molecular flexibility index (Phi) is 6.12. The van der Waals surface area contributed by atoms with Crippen molar-refractivity contribution in [3.63, 3.8) is 0 Å². The number of hydrogen-bond donors (Lipinski definition) is 1. The molecule has 2 aromatic carbocycles. The van der Waals surface area contributed by atoms with E-state index in [1.807, 2.05) is 24.3 Å². The van der Waals surface area contributed by atoms with Crippen LogP contribution in [0.1, 0.15) is 28.8 Å². The zero-order valence-corrected chi connectivity index (χ0v) is 16.6. The van der Waals surface area contributed by atoms with Gasteiger partial charge in [-0.3, -0.25) is 4.79 Å². The second-order valence-corrected chi connectivity index (χ2v) is 7.30. The largest absolute Gasteiger partial charge is 0.491 e. The van der Waals surface area contributed by atoms with Crippen LogP contribution in [0.4, 0.5) is 5.82 Å². The van der Waals surface area contributed by atoms with Gasteiger partial charge in [-0.05, 0) is 48.7 Å². The number of carbonyl (C=O) groups excluding carboxylic acids is 1. The molecular weight excluding hydrogens is 390 g/mol. The van der Waals surface area contributed by atoms with E-state index in [-0.39, 0.29) is 12.0 Å². The molecule has 0 saturated carbocycles. The maximum absolute atomic E-state index is 12.6.